The van der Waals surface area contributed by atoms with E-state index in [4.69, 9.17) is 4.74 Å². The minimum Gasteiger partial charge on any atom is -0.389 e. The fourth-order valence-corrected chi connectivity index (χ4v) is 5.66. The van der Waals surface area contributed by atoms with Gasteiger partial charge in [0.2, 0.25) is 0 Å². The number of rotatable bonds is 3. The first-order valence-electron chi connectivity index (χ1n) is 8.77. The van der Waals surface area contributed by atoms with Gasteiger partial charge in [0.05, 0.1) is 11.2 Å². The van der Waals surface area contributed by atoms with Crippen LogP contribution in [0.2, 0.25) is 0 Å². The molecule has 2 aliphatic heterocycles. The molecule has 3 atom stereocenters. The van der Waals surface area contributed by atoms with Crippen LogP contribution < -0.4 is 5.32 Å². The first-order chi connectivity index (χ1) is 10.1. The SMILES string of the molecule is CC1CCCC(O)(CNC2CCOC3(CCSCC3)C2)C1. The predicted molar refractivity (Wildman–Crippen MR) is 88.8 cm³/mol. The molecule has 21 heavy (non-hydrogen) atoms. The minimum atomic E-state index is -0.467. The molecule has 0 aromatic heterocycles. The van der Waals surface area contributed by atoms with Gasteiger partial charge in [-0.25, -0.2) is 0 Å². The number of thioether (sulfide) groups is 1. The molecule has 3 nitrogen and oxygen atoms in total. The highest BCUT2D eigenvalue weighted by atomic mass is 32.2. The standard InChI is InChI=1S/C17H31NO2S/c1-14-3-2-5-16(19,11-14)13-18-15-4-8-20-17(12-15)6-9-21-10-7-17/h14-15,18-19H,2-13H2,1H3. The van der Waals surface area contributed by atoms with Crippen molar-refractivity contribution in [2.45, 2.75) is 75.5 Å². The van der Waals surface area contributed by atoms with E-state index in [2.05, 4.69) is 24.0 Å². The summed E-state index contributed by atoms with van der Waals surface area (Å²) in [5.41, 5.74) is -0.324. The lowest BCUT2D eigenvalue weighted by Gasteiger charge is -2.44. The third-order valence-electron chi connectivity index (χ3n) is 5.68. The number of aliphatic hydroxyl groups is 1. The van der Waals surface area contributed by atoms with Gasteiger partial charge < -0.3 is 15.2 Å². The molecule has 3 unspecified atom stereocenters. The summed E-state index contributed by atoms with van der Waals surface area (Å²) in [5, 5.41) is 14.5. The zero-order chi connectivity index (χ0) is 14.8. The van der Waals surface area contributed by atoms with E-state index in [0.717, 1.165) is 38.8 Å². The van der Waals surface area contributed by atoms with E-state index in [0.29, 0.717) is 12.0 Å². The minimum absolute atomic E-state index is 0.143. The first-order valence-corrected chi connectivity index (χ1v) is 9.92. The molecule has 3 aliphatic rings. The molecule has 2 heterocycles. The quantitative estimate of drug-likeness (QED) is 0.840. The van der Waals surface area contributed by atoms with Crippen molar-refractivity contribution in [3.63, 3.8) is 0 Å². The molecule has 0 radical (unpaired) electrons. The van der Waals surface area contributed by atoms with Crippen molar-refractivity contribution in [1.29, 1.82) is 0 Å². The second-order valence-corrected chi connectivity index (χ2v) is 8.87. The van der Waals surface area contributed by atoms with Crippen molar-refractivity contribution in [2.24, 2.45) is 5.92 Å². The number of hydrogen-bond donors (Lipinski definition) is 2. The maximum absolute atomic E-state index is 10.8. The van der Waals surface area contributed by atoms with E-state index >= 15 is 0 Å². The van der Waals surface area contributed by atoms with Gasteiger partial charge in [-0.2, -0.15) is 11.8 Å². The highest BCUT2D eigenvalue weighted by Gasteiger charge is 2.40. The van der Waals surface area contributed by atoms with Gasteiger partial charge in [0.25, 0.3) is 0 Å². The van der Waals surface area contributed by atoms with Crippen LogP contribution in [0.4, 0.5) is 0 Å². The van der Waals surface area contributed by atoms with Gasteiger partial charge in [-0.3, -0.25) is 0 Å². The summed E-state index contributed by atoms with van der Waals surface area (Å²) < 4.78 is 6.15. The van der Waals surface area contributed by atoms with Gasteiger partial charge in [-0.1, -0.05) is 19.8 Å². The predicted octanol–water partition coefficient (Wildman–Crippen LogP) is 2.96. The Bertz CT molecular complexity index is 340. The molecule has 3 rings (SSSR count). The molecule has 2 saturated heterocycles. The molecule has 0 amide bonds. The molecule has 0 aromatic rings. The van der Waals surface area contributed by atoms with Gasteiger partial charge in [0, 0.05) is 19.2 Å². The van der Waals surface area contributed by atoms with Crippen LogP contribution in [0.1, 0.15) is 58.3 Å². The Balaban J connectivity index is 1.50. The van der Waals surface area contributed by atoms with Crippen molar-refractivity contribution in [1.82, 2.24) is 5.32 Å². The van der Waals surface area contributed by atoms with E-state index < -0.39 is 5.60 Å². The fourth-order valence-electron chi connectivity index (χ4n) is 4.42. The average molecular weight is 314 g/mol. The highest BCUT2D eigenvalue weighted by molar-refractivity contribution is 7.99. The first kappa shape index (κ1) is 16.1. The van der Waals surface area contributed by atoms with Crippen molar-refractivity contribution >= 4 is 11.8 Å². The molecule has 122 valence electrons. The molecule has 4 heteroatoms. The van der Waals surface area contributed by atoms with Crippen LogP contribution in [0, 0.1) is 5.92 Å². The van der Waals surface area contributed by atoms with E-state index in [1.807, 2.05) is 0 Å². The smallest absolute Gasteiger partial charge is 0.0774 e. The van der Waals surface area contributed by atoms with Crippen molar-refractivity contribution in [3.05, 3.63) is 0 Å². The maximum atomic E-state index is 10.8. The molecule has 1 aliphatic carbocycles. The summed E-state index contributed by atoms with van der Waals surface area (Å²) >= 11 is 2.06. The van der Waals surface area contributed by atoms with Gasteiger partial charge in [0.1, 0.15) is 0 Å². The zero-order valence-electron chi connectivity index (χ0n) is 13.4. The van der Waals surface area contributed by atoms with Crippen LogP contribution >= 0.6 is 11.8 Å². The van der Waals surface area contributed by atoms with E-state index in [-0.39, 0.29) is 5.60 Å². The van der Waals surface area contributed by atoms with E-state index in [1.54, 1.807) is 0 Å². The highest BCUT2D eigenvalue weighted by Crippen LogP contribution is 2.38. The van der Waals surface area contributed by atoms with Crippen LogP contribution in [-0.4, -0.2) is 47.0 Å². The van der Waals surface area contributed by atoms with Crippen molar-refractivity contribution < 1.29 is 9.84 Å². The van der Waals surface area contributed by atoms with Crippen LogP contribution in [0.15, 0.2) is 0 Å². The van der Waals surface area contributed by atoms with Crippen LogP contribution in [0.5, 0.6) is 0 Å². The number of hydrogen-bond acceptors (Lipinski definition) is 4. The molecule has 2 N–H and O–H groups in total. The van der Waals surface area contributed by atoms with Crippen molar-refractivity contribution in [2.75, 3.05) is 24.7 Å². The van der Waals surface area contributed by atoms with Crippen LogP contribution in [-0.2, 0) is 4.74 Å². The van der Waals surface area contributed by atoms with E-state index in [9.17, 15) is 5.11 Å². The summed E-state index contributed by atoms with van der Waals surface area (Å²) in [7, 11) is 0. The van der Waals surface area contributed by atoms with Gasteiger partial charge in [-0.15, -0.1) is 0 Å². The van der Waals surface area contributed by atoms with Gasteiger partial charge in [0.15, 0.2) is 0 Å². The van der Waals surface area contributed by atoms with E-state index in [1.165, 1.54) is 37.2 Å². The Labute approximate surface area is 133 Å². The lowest BCUT2D eigenvalue weighted by molar-refractivity contribution is -0.0967. The number of ether oxygens (including phenoxy) is 1. The molecule has 1 saturated carbocycles. The Morgan fingerprint density at radius 2 is 2.00 bits per heavy atom. The summed E-state index contributed by atoms with van der Waals surface area (Å²) in [6.45, 7) is 3.93. The maximum Gasteiger partial charge on any atom is 0.0774 e. The van der Waals surface area contributed by atoms with Crippen LogP contribution in [0.25, 0.3) is 0 Å². The summed E-state index contributed by atoms with van der Waals surface area (Å²) in [6, 6.07) is 0.531. The Kier molecular flexibility index (Phi) is 5.19. The Hall–Kier alpha value is 0.230. The molecule has 1 spiro atoms. The largest absolute Gasteiger partial charge is 0.389 e. The summed E-state index contributed by atoms with van der Waals surface area (Å²) in [5.74, 6) is 3.16. The molecule has 0 bridgehead atoms. The third kappa shape index (κ3) is 4.15. The van der Waals surface area contributed by atoms with Gasteiger partial charge in [-0.05, 0) is 55.9 Å². The lowest BCUT2D eigenvalue weighted by atomic mass is 9.78. The fraction of sp³-hybridized carbons (Fsp3) is 1.00. The monoisotopic (exact) mass is 313 g/mol. The summed E-state index contributed by atoms with van der Waals surface area (Å²) in [6.07, 6.45) is 9.03. The normalized spacial score (nSPS) is 40.3. The molecule has 3 fully saturated rings. The van der Waals surface area contributed by atoms with Gasteiger partial charge >= 0.3 is 0 Å². The molecule has 0 aromatic carbocycles. The Morgan fingerprint density at radius 1 is 1.19 bits per heavy atom. The topological polar surface area (TPSA) is 41.5 Å². The summed E-state index contributed by atoms with van der Waals surface area (Å²) in [4.78, 5) is 0. The molecular formula is C17H31NO2S. The van der Waals surface area contributed by atoms with Crippen molar-refractivity contribution in [3.8, 4) is 0 Å². The average Bonchev–Trinajstić information content (AvgIpc) is 2.46. The van der Waals surface area contributed by atoms with Crippen LogP contribution in [0.3, 0.4) is 0 Å². The Morgan fingerprint density at radius 3 is 2.76 bits per heavy atom. The third-order valence-corrected chi connectivity index (χ3v) is 6.67. The second kappa shape index (κ2) is 6.77. The zero-order valence-corrected chi connectivity index (χ0v) is 14.2. The number of nitrogens with one attached hydrogen (secondary N) is 1. The second-order valence-electron chi connectivity index (χ2n) is 7.64. The lowest BCUT2D eigenvalue weighted by Crippen LogP contribution is -2.53. The molecular weight excluding hydrogens is 282 g/mol.